The molecular formula is C45H49N3O15. The molecule has 7 rings (SSSR count). The first kappa shape index (κ1) is 44.8. The molecule has 0 spiro atoms. The zero-order chi connectivity index (χ0) is 44.9. The number of carbonyl (C=O) groups is 2. The van der Waals surface area contributed by atoms with E-state index >= 15 is 0 Å². The summed E-state index contributed by atoms with van der Waals surface area (Å²) >= 11 is 0. The highest BCUT2D eigenvalue weighted by Crippen LogP contribution is 2.34. The maximum atomic E-state index is 13.5. The summed E-state index contributed by atoms with van der Waals surface area (Å²) in [7, 11) is 1.38. The van der Waals surface area contributed by atoms with Crippen molar-refractivity contribution in [2.45, 2.75) is 75.6 Å². The van der Waals surface area contributed by atoms with Gasteiger partial charge in [-0.05, 0) is 93.2 Å². The quantitative estimate of drug-likeness (QED) is 0.0260. The van der Waals surface area contributed by atoms with Crippen LogP contribution in [0, 0.1) is 12.8 Å². The van der Waals surface area contributed by atoms with Gasteiger partial charge in [-0.2, -0.15) is 4.73 Å². The van der Waals surface area contributed by atoms with Gasteiger partial charge in [0.05, 0.1) is 22.7 Å². The number of aromatic nitrogens is 2. The average Bonchev–Trinajstić information content (AvgIpc) is 3.85. The summed E-state index contributed by atoms with van der Waals surface area (Å²) in [5, 5.41) is 76.4. The summed E-state index contributed by atoms with van der Waals surface area (Å²) in [6.07, 6.45) is -4.94. The van der Waals surface area contributed by atoms with E-state index in [1.54, 1.807) is 24.5 Å². The Balaban J connectivity index is 1.24. The SMILES string of the molecule is CN[C@H](CCO)[C@@H](C(=O)O)C(=O)O[C@H](O)[C@@H]1O[C@H](Oc2ccc3c(=O)c(-c4ccc(O)cc4)coc3c2)[C@@H](On2cc3cc[nH]c3c2-c2cc(C)cc(CCCCO)c2)[C@H](O)[C@H]1O. The molecule has 1 saturated heterocycles. The van der Waals surface area contributed by atoms with Gasteiger partial charge in [-0.1, -0.05) is 23.8 Å². The molecule has 1 fully saturated rings. The summed E-state index contributed by atoms with van der Waals surface area (Å²) in [6.45, 7) is 1.55. The maximum absolute atomic E-state index is 13.5. The van der Waals surface area contributed by atoms with Crippen LogP contribution in [0.15, 0.2) is 94.6 Å². The number of carbonyl (C=O) groups excluding carboxylic acids is 1. The third-order valence-corrected chi connectivity index (χ3v) is 11.0. The van der Waals surface area contributed by atoms with E-state index in [-0.39, 0.29) is 46.5 Å². The van der Waals surface area contributed by atoms with E-state index in [1.165, 1.54) is 48.4 Å². The Morgan fingerprint density at radius 3 is 2.46 bits per heavy atom. The number of hydrogen-bond acceptors (Lipinski definition) is 15. The van der Waals surface area contributed by atoms with E-state index in [0.717, 1.165) is 28.5 Å². The van der Waals surface area contributed by atoms with Crippen LogP contribution < -0.4 is 20.3 Å². The predicted octanol–water partition coefficient (Wildman–Crippen LogP) is 2.59. The van der Waals surface area contributed by atoms with E-state index < -0.39 is 67.5 Å². The van der Waals surface area contributed by atoms with E-state index in [0.29, 0.717) is 29.6 Å². The van der Waals surface area contributed by atoms with Crippen molar-refractivity contribution in [2.75, 3.05) is 20.3 Å². The van der Waals surface area contributed by atoms with Crippen LogP contribution >= 0.6 is 0 Å². The van der Waals surface area contributed by atoms with Crippen LogP contribution in [-0.2, 0) is 25.5 Å². The molecule has 6 aromatic rings. The van der Waals surface area contributed by atoms with Gasteiger partial charge >= 0.3 is 11.9 Å². The molecule has 1 aliphatic heterocycles. The minimum atomic E-state index is -2.35. The van der Waals surface area contributed by atoms with E-state index in [2.05, 4.69) is 10.3 Å². The Morgan fingerprint density at radius 2 is 1.75 bits per heavy atom. The number of carboxylic acid groups (broad SMARTS) is 1. The van der Waals surface area contributed by atoms with Crippen molar-refractivity contribution in [1.82, 2.24) is 15.0 Å². The van der Waals surface area contributed by atoms with Crippen molar-refractivity contribution >= 4 is 33.8 Å². The van der Waals surface area contributed by atoms with Crippen LogP contribution in [0.1, 0.15) is 30.4 Å². The monoisotopic (exact) mass is 871 g/mol. The number of aliphatic carboxylic acids is 1. The van der Waals surface area contributed by atoms with Gasteiger partial charge in [0.1, 0.15) is 41.2 Å². The van der Waals surface area contributed by atoms with Gasteiger partial charge in [-0.15, -0.1) is 0 Å². The molecule has 3 aromatic carbocycles. The number of unbranched alkanes of at least 4 members (excludes halogenated alkanes) is 1. The van der Waals surface area contributed by atoms with Crippen LogP contribution in [0.3, 0.4) is 0 Å². The van der Waals surface area contributed by atoms with Crippen LogP contribution in [0.25, 0.3) is 44.3 Å². The van der Waals surface area contributed by atoms with Gasteiger partial charge in [0.15, 0.2) is 17.5 Å². The molecule has 4 heterocycles. The van der Waals surface area contributed by atoms with Crippen molar-refractivity contribution in [1.29, 1.82) is 0 Å². The molecule has 9 N–H and O–H groups in total. The van der Waals surface area contributed by atoms with Gasteiger partial charge < -0.3 is 69.5 Å². The number of aromatic amines is 1. The highest BCUT2D eigenvalue weighted by molar-refractivity contribution is 5.95. The van der Waals surface area contributed by atoms with Crippen molar-refractivity contribution in [3.8, 4) is 33.9 Å². The molecule has 0 saturated carbocycles. The minimum Gasteiger partial charge on any atom is -0.508 e. The fraction of sp³-hybridized carbons (Fsp3) is 0.356. The lowest BCUT2D eigenvalue weighted by atomic mass is 9.96. The number of aliphatic hydroxyl groups excluding tert-OH is 5. The number of phenolic OH excluding ortho intramolecular Hbond substituents is 1. The molecule has 3 aromatic heterocycles. The Morgan fingerprint density at radius 1 is 0.968 bits per heavy atom. The number of aliphatic hydroxyl groups is 5. The molecule has 18 nitrogen and oxygen atoms in total. The summed E-state index contributed by atoms with van der Waals surface area (Å²) in [6, 6.07) is 16.9. The number of aryl methyl sites for hydroxylation is 2. The zero-order valence-electron chi connectivity index (χ0n) is 34.3. The Hall–Kier alpha value is -6.25. The van der Waals surface area contributed by atoms with Crippen molar-refractivity contribution in [3.05, 3.63) is 107 Å². The molecule has 0 radical (unpaired) electrons. The molecule has 18 heteroatoms. The first-order valence-electron chi connectivity index (χ1n) is 20.3. The predicted molar refractivity (Wildman–Crippen MR) is 226 cm³/mol. The number of fused-ring (bicyclic) bond motifs is 2. The summed E-state index contributed by atoms with van der Waals surface area (Å²) in [4.78, 5) is 48.6. The molecular weight excluding hydrogens is 823 g/mol. The van der Waals surface area contributed by atoms with Crippen LogP contribution in [0.4, 0.5) is 0 Å². The summed E-state index contributed by atoms with van der Waals surface area (Å²) in [5.41, 5.74) is 4.36. The normalized spacial score (nSPS) is 20.3. The number of ether oxygens (including phenoxy) is 3. The lowest BCUT2D eigenvalue weighted by molar-refractivity contribution is -0.318. The number of nitrogens with zero attached hydrogens (tertiary/aromatic N) is 1. The van der Waals surface area contributed by atoms with Crippen LogP contribution in [-0.4, -0.2) is 121 Å². The van der Waals surface area contributed by atoms with Crippen molar-refractivity contribution in [2.24, 2.45) is 5.92 Å². The fourth-order valence-electron chi connectivity index (χ4n) is 7.84. The molecule has 8 atom stereocenters. The number of carboxylic acids is 1. The zero-order valence-corrected chi connectivity index (χ0v) is 34.3. The first-order valence-corrected chi connectivity index (χ1v) is 20.3. The van der Waals surface area contributed by atoms with Gasteiger partial charge in [-0.3, -0.25) is 14.4 Å². The number of rotatable bonds is 18. The highest BCUT2D eigenvalue weighted by Gasteiger charge is 2.52. The lowest BCUT2D eigenvalue weighted by Gasteiger charge is -2.43. The fourth-order valence-corrected chi connectivity index (χ4v) is 7.84. The number of hydrogen-bond donors (Lipinski definition) is 9. The Kier molecular flexibility index (Phi) is 13.8. The molecule has 0 amide bonds. The third-order valence-electron chi connectivity index (χ3n) is 11.0. The van der Waals surface area contributed by atoms with Gasteiger partial charge in [0, 0.05) is 42.5 Å². The number of esters is 1. The molecule has 0 unspecified atom stereocenters. The smallest absolute Gasteiger partial charge is 0.324 e. The number of nitrogens with one attached hydrogen (secondary N) is 2. The second-order valence-corrected chi connectivity index (χ2v) is 15.4. The number of phenols is 1. The van der Waals surface area contributed by atoms with Crippen LogP contribution in [0.2, 0.25) is 0 Å². The number of aromatic hydroxyl groups is 1. The van der Waals surface area contributed by atoms with E-state index in [9.17, 15) is 50.1 Å². The van der Waals surface area contributed by atoms with Crippen LogP contribution in [0.5, 0.6) is 11.5 Å². The van der Waals surface area contributed by atoms with Crippen molar-refractivity contribution < 1.29 is 68.8 Å². The molecule has 1 aliphatic rings. The second kappa shape index (κ2) is 19.4. The number of benzene rings is 3. The third kappa shape index (κ3) is 9.57. The Bertz CT molecular complexity index is 2600. The van der Waals surface area contributed by atoms with E-state index in [4.69, 9.17) is 23.5 Å². The van der Waals surface area contributed by atoms with Gasteiger partial charge in [-0.25, -0.2) is 0 Å². The topological polar surface area (TPSA) is 276 Å². The minimum absolute atomic E-state index is 0.0216. The largest absolute Gasteiger partial charge is 0.508 e. The molecule has 334 valence electrons. The molecule has 63 heavy (non-hydrogen) atoms. The standard InChI is InChI=1S/C45H49N3O15/c1-23-17-24(5-3-4-15-49)19-27(18-23)36-35-26(12-14-47-35)21-48(36)63-41-39(54)38(53)40(44(58)62-43(57)34(42(55)56)32(46-2)13-16-50)61-45(41)60-29-10-11-30-33(20-29)59-22-31(37(30)52)25-6-8-28(51)9-7-25/h6-12,14,17-22,32,34,38-41,44-47,49-51,53-54,58H,3-5,13,15-16H2,1-2H3,(H,55,56)/t32-,34+,38-,39-,40-,41+,44+,45+/m1/s1. The van der Waals surface area contributed by atoms with Crippen molar-refractivity contribution in [3.63, 3.8) is 0 Å². The average molecular weight is 872 g/mol. The summed E-state index contributed by atoms with van der Waals surface area (Å²) in [5.74, 6) is -4.87. The lowest BCUT2D eigenvalue weighted by Crippen LogP contribution is -2.65. The van der Waals surface area contributed by atoms with Gasteiger partial charge in [0.25, 0.3) is 0 Å². The second-order valence-electron chi connectivity index (χ2n) is 15.4. The Labute approximate surface area is 359 Å². The first-order chi connectivity index (χ1) is 30.3. The molecule has 0 bridgehead atoms. The highest BCUT2D eigenvalue weighted by atomic mass is 16.8. The van der Waals surface area contributed by atoms with E-state index in [1.807, 2.05) is 31.2 Å². The number of H-pyrrole nitrogens is 1. The maximum Gasteiger partial charge on any atom is 0.324 e. The summed E-state index contributed by atoms with van der Waals surface area (Å²) < 4.78 is 24.7. The van der Waals surface area contributed by atoms with Gasteiger partial charge in [0.2, 0.25) is 18.7 Å². The molecule has 0 aliphatic carbocycles.